The highest BCUT2D eigenvalue weighted by molar-refractivity contribution is 5.93. The molecular weight excluding hydrogens is 264 g/mol. The van der Waals surface area contributed by atoms with Gasteiger partial charge in [0.05, 0.1) is 6.33 Å². The van der Waals surface area contributed by atoms with E-state index in [9.17, 15) is 4.79 Å². The number of hydrogen-bond acceptors (Lipinski definition) is 3. The lowest BCUT2D eigenvalue weighted by Gasteiger charge is -2.32. The van der Waals surface area contributed by atoms with E-state index in [1.807, 2.05) is 6.92 Å². The second-order valence-corrected chi connectivity index (χ2v) is 6.14. The Morgan fingerprint density at radius 2 is 2.38 bits per heavy atom. The number of nitrogens with zero attached hydrogens (tertiary/aromatic N) is 2. The Hall–Kier alpha value is -1.62. The topological polar surface area (TPSA) is 61.0 Å². The molecule has 1 unspecified atom stereocenters. The minimum absolute atomic E-state index is 0.0739. The van der Waals surface area contributed by atoms with E-state index in [1.54, 1.807) is 6.33 Å². The Labute approximate surface area is 126 Å². The Morgan fingerprint density at radius 3 is 3.05 bits per heavy atom. The molecule has 1 aliphatic rings. The number of likely N-dealkylation sites (tertiary alicyclic amines) is 1. The highest BCUT2D eigenvalue weighted by Gasteiger charge is 2.20. The first-order chi connectivity index (χ1) is 10.1. The third kappa shape index (κ3) is 4.70. The van der Waals surface area contributed by atoms with Gasteiger partial charge in [-0.1, -0.05) is 11.6 Å². The van der Waals surface area contributed by atoms with Gasteiger partial charge < -0.3 is 10.3 Å². The summed E-state index contributed by atoms with van der Waals surface area (Å²) in [7, 11) is 0. The SMILES string of the molecule is CC(C)=CCN1CCCC(CNC(=O)c2nc[nH]c2C)C1. The molecule has 1 aliphatic heterocycles. The maximum Gasteiger partial charge on any atom is 0.271 e. The largest absolute Gasteiger partial charge is 0.350 e. The third-order valence-electron chi connectivity index (χ3n) is 3.96. The maximum absolute atomic E-state index is 12.0. The molecule has 2 heterocycles. The number of imidazole rings is 1. The van der Waals surface area contributed by atoms with Gasteiger partial charge >= 0.3 is 0 Å². The van der Waals surface area contributed by atoms with Crippen LogP contribution in [0.25, 0.3) is 0 Å². The molecular formula is C16H26N4O. The highest BCUT2D eigenvalue weighted by atomic mass is 16.1. The zero-order chi connectivity index (χ0) is 15.2. The van der Waals surface area contributed by atoms with Crippen LogP contribution in [-0.4, -0.2) is 47.0 Å². The number of carbonyl (C=O) groups is 1. The van der Waals surface area contributed by atoms with Gasteiger partial charge in [-0.2, -0.15) is 0 Å². The van der Waals surface area contributed by atoms with Crippen molar-refractivity contribution in [1.82, 2.24) is 20.2 Å². The van der Waals surface area contributed by atoms with E-state index in [2.05, 4.69) is 40.1 Å². The number of aryl methyl sites for hydroxylation is 1. The van der Waals surface area contributed by atoms with Crippen molar-refractivity contribution in [1.29, 1.82) is 0 Å². The van der Waals surface area contributed by atoms with Gasteiger partial charge in [-0.3, -0.25) is 9.69 Å². The maximum atomic E-state index is 12.0. The number of aromatic nitrogens is 2. The number of allylic oxidation sites excluding steroid dienone is 1. The molecule has 0 saturated carbocycles. The summed E-state index contributed by atoms with van der Waals surface area (Å²) in [6, 6.07) is 0. The first kappa shape index (κ1) is 15.8. The van der Waals surface area contributed by atoms with Gasteiger partial charge in [-0.25, -0.2) is 4.98 Å². The summed E-state index contributed by atoms with van der Waals surface area (Å²) in [5, 5.41) is 3.02. The van der Waals surface area contributed by atoms with E-state index in [1.165, 1.54) is 18.4 Å². The van der Waals surface area contributed by atoms with Gasteiger partial charge in [0, 0.05) is 25.3 Å². The van der Waals surface area contributed by atoms with Gasteiger partial charge in [0.25, 0.3) is 5.91 Å². The molecule has 0 radical (unpaired) electrons. The van der Waals surface area contributed by atoms with Crippen molar-refractivity contribution >= 4 is 5.91 Å². The number of carbonyl (C=O) groups excluding carboxylic acids is 1. The Bertz CT molecular complexity index is 502. The van der Waals surface area contributed by atoms with Crippen LogP contribution in [0.2, 0.25) is 0 Å². The van der Waals surface area contributed by atoms with E-state index < -0.39 is 0 Å². The van der Waals surface area contributed by atoms with E-state index in [-0.39, 0.29) is 5.91 Å². The van der Waals surface area contributed by atoms with Gasteiger partial charge in [-0.15, -0.1) is 0 Å². The predicted molar refractivity (Wildman–Crippen MR) is 84.3 cm³/mol. The second kappa shape index (κ2) is 7.41. The summed E-state index contributed by atoms with van der Waals surface area (Å²) >= 11 is 0. The number of aromatic amines is 1. The van der Waals surface area contributed by atoms with Crippen molar-refractivity contribution in [2.24, 2.45) is 5.92 Å². The molecule has 21 heavy (non-hydrogen) atoms. The minimum atomic E-state index is -0.0739. The number of H-pyrrole nitrogens is 1. The van der Waals surface area contributed by atoms with Gasteiger partial charge in [0.1, 0.15) is 5.69 Å². The van der Waals surface area contributed by atoms with Crippen LogP contribution in [0.3, 0.4) is 0 Å². The molecule has 0 spiro atoms. The highest BCUT2D eigenvalue weighted by Crippen LogP contribution is 2.16. The Morgan fingerprint density at radius 1 is 1.57 bits per heavy atom. The second-order valence-electron chi connectivity index (χ2n) is 6.14. The van der Waals surface area contributed by atoms with E-state index in [4.69, 9.17) is 0 Å². The van der Waals surface area contributed by atoms with Crippen molar-refractivity contribution in [2.45, 2.75) is 33.6 Å². The number of hydrogen-bond donors (Lipinski definition) is 2. The quantitative estimate of drug-likeness (QED) is 0.817. The standard InChI is InChI=1S/C16H26N4O/c1-12(2)6-8-20-7-4-5-14(10-20)9-17-16(21)15-13(3)18-11-19-15/h6,11,14H,4-5,7-10H2,1-3H3,(H,17,21)(H,18,19). The Kier molecular flexibility index (Phi) is 5.56. The zero-order valence-electron chi connectivity index (χ0n) is 13.3. The molecule has 5 heteroatoms. The average Bonchev–Trinajstić information content (AvgIpc) is 2.89. The fraction of sp³-hybridized carbons (Fsp3) is 0.625. The number of piperidine rings is 1. The monoisotopic (exact) mass is 290 g/mol. The van der Waals surface area contributed by atoms with Crippen LogP contribution in [0.5, 0.6) is 0 Å². The lowest BCUT2D eigenvalue weighted by molar-refractivity contribution is 0.0929. The van der Waals surface area contributed by atoms with Crippen LogP contribution in [0.1, 0.15) is 42.9 Å². The molecule has 2 rings (SSSR count). The predicted octanol–water partition coefficient (Wildman–Crippen LogP) is 2.13. The smallest absolute Gasteiger partial charge is 0.271 e. The number of nitrogens with one attached hydrogen (secondary N) is 2. The molecule has 1 amide bonds. The normalized spacial score (nSPS) is 19.3. The first-order valence-corrected chi connectivity index (χ1v) is 7.70. The number of amides is 1. The summed E-state index contributed by atoms with van der Waals surface area (Å²) in [6.07, 6.45) is 6.23. The summed E-state index contributed by atoms with van der Waals surface area (Å²) in [5.74, 6) is 0.461. The fourth-order valence-corrected chi connectivity index (χ4v) is 2.70. The van der Waals surface area contributed by atoms with Crippen LogP contribution in [0.4, 0.5) is 0 Å². The molecule has 116 valence electrons. The fourth-order valence-electron chi connectivity index (χ4n) is 2.70. The zero-order valence-corrected chi connectivity index (χ0v) is 13.3. The Balaban J connectivity index is 1.79. The van der Waals surface area contributed by atoms with Crippen LogP contribution in [0.15, 0.2) is 18.0 Å². The van der Waals surface area contributed by atoms with Crippen molar-refractivity contribution in [3.8, 4) is 0 Å². The molecule has 0 bridgehead atoms. The molecule has 5 nitrogen and oxygen atoms in total. The molecule has 1 fully saturated rings. The third-order valence-corrected chi connectivity index (χ3v) is 3.96. The number of rotatable bonds is 5. The molecule has 1 atom stereocenters. The lowest BCUT2D eigenvalue weighted by Crippen LogP contribution is -2.41. The summed E-state index contributed by atoms with van der Waals surface area (Å²) < 4.78 is 0. The van der Waals surface area contributed by atoms with Crippen LogP contribution < -0.4 is 5.32 Å². The van der Waals surface area contributed by atoms with E-state index >= 15 is 0 Å². The van der Waals surface area contributed by atoms with Crippen LogP contribution in [0, 0.1) is 12.8 Å². The lowest BCUT2D eigenvalue weighted by atomic mass is 9.98. The van der Waals surface area contributed by atoms with Crippen LogP contribution >= 0.6 is 0 Å². The van der Waals surface area contributed by atoms with E-state index in [0.717, 1.165) is 31.9 Å². The van der Waals surface area contributed by atoms with Gasteiger partial charge in [0.15, 0.2) is 0 Å². The summed E-state index contributed by atoms with van der Waals surface area (Å²) in [5.41, 5.74) is 2.69. The minimum Gasteiger partial charge on any atom is -0.350 e. The average molecular weight is 290 g/mol. The molecule has 2 N–H and O–H groups in total. The van der Waals surface area contributed by atoms with Gasteiger partial charge in [-0.05, 0) is 46.1 Å². The molecule has 1 saturated heterocycles. The summed E-state index contributed by atoms with van der Waals surface area (Å²) in [6.45, 7) is 10.1. The van der Waals surface area contributed by atoms with Crippen LogP contribution in [-0.2, 0) is 0 Å². The van der Waals surface area contributed by atoms with Crippen molar-refractivity contribution < 1.29 is 4.79 Å². The molecule has 1 aromatic heterocycles. The first-order valence-electron chi connectivity index (χ1n) is 7.70. The molecule has 0 aliphatic carbocycles. The van der Waals surface area contributed by atoms with Crippen molar-refractivity contribution in [3.63, 3.8) is 0 Å². The molecule has 1 aromatic rings. The van der Waals surface area contributed by atoms with E-state index in [0.29, 0.717) is 11.6 Å². The van der Waals surface area contributed by atoms with Gasteiger partial charge in [0.2, 0.25) is 0 Å². The van der Waals surface area contributed by atoms with Crippen molar-refractivity contribution in [3.05, 3.63) is 29.4 Å². The summed E-state index contributed by atoms with van der Waals surface area (Å²) in [4.78, 5) is 21.5. The van der Waals surface area contributed by atoms with Crippen molar-refractivity contribution in [2.75, 3.05) is 26.2 Å². The molecule has 0 aromatic carbocycles.